The van der Waals surface area contributed by atoms with Crippen molar-refractivity contribution in [1.29, 1.82) is 0 Å². The fourth-order valence-electron chi connectivity index (χ4n) is 2.53. The van der Waals surface area contributed by atoms with Crippen LogP contribution in [0.2, 0.25) is 0 Å². The van der Waals surface area contributed by atoms with E-state index in [4.69, 9.17) is 9.26 Å². The molecule has 2 rings (SSSR count). The van der Waals surface area contributed by atoms with E-state index in [1.807, 2.05) is 34.6 Å². The van der Waals surface area contributed by atoms with Crippen molar-refractivity contribution >= 4 is 6.09 Å². The van der Waals surface area contributed by atoms with Gasteiger partial charge in [0.25, 0.3) is 0 Å². The van der Waals surface area contributed by atoms with Crippen LogP contribution in [0.3, 0.4) is 0 Å². The standard InChI is InChI=1S/C16H27N3O3/c1-11(2)14-17-13(18-22-14)12-9-7-6-8-10-19(12)15(20)21-16(3,4)5/h11-12H,6-10H2,1-5H3. The molecule has 1 fully saturated rings. The molecule has 0 aromatic carbocycles. The van der Waals surface area contributed by atoms with Crippen molar-refractivity contribution in [2.75, 3.05) is 6.54 Å². The normalized spacial score (nSPS) is 20.1. The van der Waals surface area contributed by atoms with Gasteiger partial charge in [-0.3, -0.25) is 4.90 Å². The highest BCUT2D eigenvalue weighted by atomic mass is 16.6. The Morgan fingerprint density at radius 2 is 2.05 bits per heavy atom. The number of carbonyl (C=O) groups is 1. The number of amides is 1. The summed E-state index contributed by atoms with van der Waals surface area (Å²) in [6.45, 7) is 10.3. The molecule has 1 saturated heterocycles. The summed E-state index contributed by atoms with van der Waals surface area (Å²) in [5, 5.41) is 4.10. The van der Waals surface area contributed by atoms with Crippen molar-refractivity contribution in [2.45, 2.75) is 77.9 Å². The summed E-state index contributed by atoms with van der Waals surface area (Å²) in [6.07, 6.45) is 3.68. The van der Waals surface area contributed by atoms with E-state index in [9.17, 15) is 4.79 Å². The third-order valence-corrected chi connectivity index (χ3v) is 3.63. The minimum absolute atomic E-state index is 0.159. The Morgan fingerprint density at radius 3 is 2.64 bits per heavy atom. The topological polar surface area (TPSA) is 68.5 Å². The highest BCUT2D eigenvalue weighted by Crippen LogP contribution is 2.30. The molecule has 0 N–H and O–H groups in total. The zero-order valence-electron chi connectivity index (χ0n) is 14.3. The van der Waals surface area contributed by atoms with Crippen LogP contribution in [0, 0.1) is 0 Å². The molecular formula is C16H27N3O3. The fourth-order valence-corrected chi connectivity index (χ4v) is 2.53. The second-order valence-electron chi connectivity index (χ2n) is 7.18. The maximum Gasteiger partial charge on any atom is 0.410 e. The lowest BCUT2D eigenvalue weighted by molar-refractivity contribution is 0.0153. The number of rotatable bonds is 2. The number of nitrogens with zero attached hydrogens (tertiary/aromatic N) is 3. The summed E-state index contributed by atoms with van der Waals surface area (Å²) in [6, 6.07) is -0.159. The van der Waals surface area contributed by atoms with Gasteiger partial charge in [0.2, 0.25) is 5.89 Å². The van der Waals surface area contributed by atoms with Gasteiger partial charge in [-0.1, -0.05) is 31.8 Å². The minimum atomic E-state index is -0.506. The first-order chi connectivity index (χ1) is 10.3. The van der Waals surface area contributed by atoms with Gasteiger partial charge in [0.15, 0.2) is 5.82 Å². The maximum absolute atomic E-state index is 12.5. The van der Waals surface area contributed by atoms with E-state index in [0.29, 0.717) is 18.3 Å². The van der Waals surface area contributed by atoms with Crippen LogP contribution >= 0.6 is 0 Å². The molecule has 1 amide bonds. The fraction of sp³-hybridized carbons (Fsp3) is 0.812. The van der Waals surface area contributed by atoms with Crippen molar-refractivity contribution in [2.24, 2.45) is 0 Å². The molecule has 22 heavy (non-hydrogen) atoms. The van der Waals surface area contributed by atoms with Crippen molar-refractivity contribution in [3.63, 3.8) is 0 Å². The molecule has 1 aromatic heterocycles. The number of hydrogen-bond acceptors (Lipinski definition) is 5. The minimum Gasteiger partial charge on any atom is -0.444 e. The van der Waals surface area contributed by atoms with Gasteiger partial charge in [0.1, 0.15) is 5.60 Å². The molecule has 1 aromatic rings. The largest absolute Gasteiger partial charge is 0.444 e. The van der Waals surface area contributed by atoms with Gasteiger partial charge < -0.3 is 9.26 Å². The summed E-state index contributed by atoms with van der Waals surface area (Å²) in [7, 11) is 0. The highest BCUT2D eigenvalue weighted by molar-refractivity contribution is 5.68. The summed E-state index contributed by atoms with van der Waals surface area (Å²) in [4.78, 5) is 18.7. The van der Waals surface area contributed by atoms with Crippen LogP contribution in [0.4, 0.5) is 4.79 Å². The molecule has 0 spiro atoms. The van der Waals surface area contributed by atoms with Crippen LogP contribution in [0.15, 0.2) is 4.52 Å². The molecule has 0 aliphatic carbocycles. The van der Waals surface area contributed by atoms with Crippen molar-refractivity contribution in [3.8, 4) is 0 Å². The Balaban J connectivity index is 2.21. The summed E-state index contributed by atoms with van der Waals surface area (Å²) in [5.41, 5.74) is -0.506. The molecule has 124 valence electrons. The third kappa shape index (κ3) is 4.21. The Kier molecular flexibility index (Phi) is 5.08. The van der Waals surface area contributed by atoms with Crippen LogP contribution in [-0.4, -0.2) is 33.3 Å². The average Bonchev–Trinajstić information content (AvgIpc) is 2.75. The predicted molar refractivity (Wildman–Crippen MR) is 82.5 cm³/mol. The monoisotopic (exact) mass is 309 g/mol. The smallest absolute Gasteiger partial charge is 0.410 e. The molecule has 6 heteroatoms. The first-order valence-electron chi connectivity index (χ1n) is 8.11. The van der Waals surface area contributed by atoms with Gasteiger partial charge in [-0.15, -0.1) is 0 Å². The Morgan fingerprint density at radius 1 is 1.32 bits per heavy atom. The third-order valence-electron chi connectivity index (χ3n) is 3.63. The van der Waals surface area contributed by atoms with E-state index in [-0.39, 0.29) is 18.1 Å². The van der Waals surface area contributed by atoms with Crippen molar-refractivity contribution < 1.29 is 14.1 Å². The number of ether oxygens (including phenoxy) is 1. The molecule has 1 unspecified atom stereocenters. The van der Waals surface area contributed by atoms with Gasteiger partial charge in [-0.2, -0.15) is 4.98 Å². The lowest BCUT2D eigenvalue weighted by Crippen LogP contribution is -2.39. The Labute approximate surface area is 132 Å². The summed E-state index contributed by atoms with van der Waals surface area (Å²) < 4.78 is 10.8. The van der Waals surface area contributed by atoms with E-state index in [0.717, 1.165) is 25.7 Å². The molecule has 1 aliphatic rings. The lowest BCUT2D eigenvalue weighted by Gasteiger charge is -2.30. The lowest BCUT2D eigenvalue weighted by atomic mass is 10.1. The molecule has 6 nitrogen and oxygen atoms in total. The molecular weight excluding hydrogens is 282 g/mol. The van der Waals surface area contributed by atoms with E-state index >= 15 is 0 Å². The van der Waals surface area contributed by atoms with E-state index in [1.165, 1.54) is 0 Å². The molecule has 2 heterocycles. The van der Waals surface area contributed by atoms with Crippen LogP contribution in [0.5, 0.6) is 0 Å². The second kappa shape index (κ2) is 6.67. The van der Waals surface area contributed by atoms with Gasteiger partial charge in [0.05, 0.1) is 6.04 Å². The zero-order valence-corrected chi connectivity index (χ0v) is 14.3. The maximum atomic E-state index is 12.5. The van der Waals surface area contributed by atoms with Crippen molar-refractivity contribution in [1.82, 2.24) is 15.0 Å². The summed E-state index contributed by atoms with van der Waals surface area (Å²) >= 11 is 0. The van der Waals surface area contributed by atoms with Crippen molar-refractivity contribution in [3.05, 3.63) is 11.7 Å². The molecule has 0 radical (unpaired) electrons. The molecule has 0 bridgehead atoms. The van der Waals surface area contributed by atoms with Gasteiger partial charge in [0, 0.05) is 12.5 Å². The summed E-state index contributed by atoms with van der Waals surface area (Å²) in [5.74, 6) is 1.39. The SMILES string of the molecule is CC(C)c1nc(C2CCCCCN2C(=O)OC(C)(C)C)no1. The second-order valence-corrected chi connectivity index (χ2v) is 7.18. The first-order valence-corrected chi connectivity index (χ1v) is 8.11. The number of likely N-dealkylation sites (tertiary alicyclic amines) is 1. The quantitative estimate of drug-likeness (QED) is 0.824. The van der Waals surface area contributed by atoms with Crippen LogP contribution in [-0.2, 0) is 4.74 Å². The van der Waals surface area contributed by atoms with E-state index < -0.39 is 5.60 Å². The first kappa shape index (κ1) is 16.8. The number of aromatic nitrogens is 2. The van der Waals surface area contributed by atoms with E-state index in [2.05, 4.69) is 10.1 Å². The predicted octanol–water partition coefficient (Wildman–Crippen LogP) is 4.05. The van der Waals surface area contributed by atoms with E-state index in [1.54, 1.807) is 4.90 Å². The highest BCUT2D eigenvalue weighted by Gasteiger charge is 2.33. The molecule has 1 aliphatic heterocycles. The Bertz CT molecular complexity index is 505. The van der Waals surface area contributed by atoms with Gasteiger partial charge >= 0.3 is 6.09 Å². The van der Waals surface area contributed by atoms with Crippen LogP contribution in [0.1, 0.15) is 84.0 Å². The molecule has 0 saturated carbocycles. The number of hydrogen-bond donors (Lipinski definition) is 0. The van der Waals surface area contributed by atoms with Crippen LogP contribution < -0.4 is 0 Å². The molecule has 1 atom stereocenters. The Hall–Kier alpha value is -1.59. The zero-order chi connectivity index (χ0) is 16.3. The number of carbonyl (C=O) groups excluding carboxylic acids is 1. The van der Waals surface area contributed by atoms with Gasteiger partial charge in [-0.05, 0) is 33.6 Å². The average molecular weight is 309 g/mol. The van der Waals surface area contributed by atoms with Gasteiger partial charge in [-0.25, -0.2) is 4.79 Å². The van der Waals surface area contributed by atoms with Crippen LogP contribution in [0.25, 0.3) is 0 Å².